The smallest absolute Gasteiger partial charge is 0.424 e. The molecule has 0 radical (unpaired) electrons. The van der Waals surface area contributed by atoms with Gasteiger partial charge in [-0.2, -0.15) is 13.2 Å². The Morgan fingerprint density at radius 2 is 1.84 bits per heavy atom. The van der Waals surface area contributed by atoms with Gasteiger partial charge in [-0.05, 0) is 56.3 Å². The summed E-state index contributed by atoms with van der Waals surface area (Å²) in [6, 6.07) is 8.10. The van der Waals surface area contributed by atoms with E-state index in [2.05, 4.69) is 15.3 Å². The van der Waals surface area contributed by atoms with Gasteiger partial charge in [0.25, 0.3) is 5.91 Å². The first-order chi connectivity index (χ1) is 21.0. The maximum absolute atomic E-state index is 14.7. The molecule has 1 aliphatic heterocycles. The SMILES string of the molecule is COc1cc(C(=O)NC[C@](O)(c2cc3c(c(-c4ccc(F)cc4Cl)n2)OC[C@]3(C)C(N)=O)C(F)(F)F)cc2cc(Cl)c(C)nc12. The number of pyridine rings is 2. The van der Waals surface area contributed by atoms with Gasteiger partial charge in [-0.3, -0.25) is 9.59 Å². The van der Waals surface area contributed by atoms with Gasteiger partial charge < -0.3 is 25.6 Å². The third kappa shape index (κ3) is 5.49. The van der Waals surface area contributed by atoms with Crippen molar-refractivity contribution in [2.24, 2.45) is 5.73 Å². The first kappa shape index (κ1) is 32.2. The summed E-state index contributed by atoms with van der Waals surface area (Å²) < 4.78 is 69.0. The average Bonchev–Trinajstić information content (AvgIpc) is 3.32. The number of benzene rings is 2. The van der Waals surface area contributed by atoms with E-state index in [0.29, 0.717) is 21.6 Å². The molecule has 0 unspecified atom stereocenters. The Kier molecular flexibility index (Phi) is 8.09. The van der Waals surface area contributed by atoms with E-state index in [9.17, 15) is 32.3 Å². The molecule has 4 N–H and O–H groups in total. The number of ether oxygens (including phenoxy) is 2. The molecule has 0 spiro atoms. The number of carbonyl (C=O) groups excluding carboxylic acids is 2. The van der Waals surface area contributed by atoms with Gasteiger partial charge in [-0.1, -0.05) is 23.2 Å². The Balaban J connectivity index is 1.61. The van der Waals surface area contributed by atoms with E-state index in [4.69, 9.17) is 38.4 Å². The minimum Gasteiger partial charge on any atom is -0.494 e. The van der Waals surface area contributed by atoms with Gasteiger partial charge in [0.15, 0.2) is 0 Å². The molecule has 1 aliphatic rings. The van der Waals surface area contributed by atoms with Crippen LogP contribution in [-0.2, 0) is 15.8 Å². The third-order valence-corrected chi connectivity index (χ3v) is 8.39. The minimum atomic E-state index is -5.41. The summed E-state index contributed by atoms with van der Waals surface area (Å²) >= 11 is 12.4. The molecule has 0 bridgehead atoms. The molecular formula is C30H24Cl2F4N4O5. The number of rotatable bonds is 7. The zero-order valence-electron chi connectivity index (χ0n) is 23.8. The molecule has 9 nitrogen and oxygen atoms in total. The number of methoxy groups -OCH3 is 1. The molecule has 0 saturated heterocycles. The molecule has 0 fully saturated rings. The van der Waals surface area contributed by atoms with Crippen LogP contribution < -0.4 is 20.5 Å². The van der Waals surface area contributed by atoms with Crippen LogP contribution in [0.1, 0.15) is 34.2 Å². The number of hydrogen-bond donors (Lipinski definition) is 3. The predicted octanol–water partition coefficient (Wildman–Crippen LogP) is 5.38. The van der Waals surface area contributed by atoms with E-state index in [1.807, 2.05) is 0 Å². The normalized spacial score (nSPS) is 17.4. The van der Waals surface area contributed by atoms with Crippen molar-refractivity contribution in [3.63, 3.8) is 0 Å². The number of nitrogens with zero attached hydrogens (tertiary/aromatic N) is 2. The van der Waals surface area contributed by atoms with E-state index >= 15 is 0 Å². The number of aryl methyl sites for hydroxylation is 1. The molecule has 2 aromatic carbocycles. The Bertz CT molecular complexity index is 1890. The van der Waals surface area contributed by atoms with E-state index in [1.54, 1.807) is 6.92 Å². The van der Waals surface area contributed by atoms with Crippen LogP contribution in [0.3, 0.4) is 0 Å². The standard InChI is InChI=1S/C30H24Cl2F4N4O5/c1-13-19(31)7-14-6-15(8-21(44-3)23(14)39-13)26(41)38-11-29(43,30(34,35)36)22-10-18-25(45-12-28(18,2)27(37)42)24(40-22)17-5-4-16(33)9-20(17)32/h4-10,43H,11-12H2,1-3H3,(H2,37,42)(H,38,41)/t28-,29-/m0/s1. The van der Waals surface area contributed by atoms with Crippen LogP contribution in [0, 0.1) is 12.7 Å². The minimum absolute atomic E-state index is 0.0378. The molecule has 236 valence electrons. The summed E-state index contributed by atoms with van der Waals surface area (Å²) in [5.74, 6) is -2.60. The van der Waals surface area contributed by atoms with Crippen molar-refractivity contribution in [3.05, 3.63) is 80.8 Å². The Labute approximate surface area is 263 Å². The Hall–Kier alpha value is -4.20. The monoisotopic (exact) mass is 666 g/mol. The number of fused-ring (bicyclic) bond motifs is 2. The Morgan fingerprint density at radius 3 is 2.47 bits per heavy atom. The average molecular weight is 667 g/mol. The number of aliphatic hydroxyl groups is 1. The van der Waals surface area contributed by atoms with Crippen LogP contribution in [0.4, 0.5) is 17.6 Å². The van der Waals surface area contributed by atoms with Crippen molar-refractivity contribution >= 4 is 45.9 Å². The number of nitrogens with one attached hydrogen (secondary N) is 1. The van der Waals surface area contributed by atoms with E-state index in [0.717, 1.165) is 24.3 Å². The number of carbonyl (C=O) groups is 2. The topological polar surface area (TPSA) is 137 Å². The lowest BCUT2D eigenvalue weighted by molar-refractivity contribution is -0.265. The van der Waals surface area contributed by atoms with Crippen LogP contribution in [0.25, 0.3) is 22.2 Å². The quantitative estimate of drug-likeness (QED) is 0.226. The second-order valence-electron chi connectivity index (χ2n) is 10.7. The third-order valence-electron chi connectivity index (χ3n) is 7.69. The second kappa shape index (κ2) is 11.3. The van der Waals surface area contributed by atoms with Crippen molar-refractivity contribution in [2.75, 3.05) is 20.3 Å². The van der Waals surface area contributed by atoms with Crippen LogP contribution >= 0.6 is 23.2 Å². The van der Waals surface area contributed by atoms with Gasteiger partial charge in [0.05, 0.1) is 35.1 Å². The summed E-state index contributed by atoms with van der Waals surface area (Å²) in [6.07, 6.45) is -5.41. The number of halogens is 6. The number of alkyl halides is 3. The highest BCUT2D eigenvalue weighted by molar-refractivity contribution is 6.33. The molecule has 2 amide bonds. The summed E-state index contributed by atoms with van der Waals surface area (Å²) in [4.78, 5) is 34.0. The number of hydrogen-bond acceptors (Lipinski definition) is 7. The highest BCUT2D eigenvalue weighted by atomic mass is 35.5. The van der Waals surface area contributed by atoms with Crippen molar-refractivity contribution in [1.29, 1.82) is 0 Å². The van der Waals surface area contributed by atoms with Gasteiger partial charge >= 0.3 is 6.18 Å². The summed E-state index contributed by atoms with van der Waals surface area (Å²) in [5, 5.41) is 13.8. The van der Waals surface area contributed by atoms with Gasteiger partial charge in [-0.15, -0.1) is 0 Å². The highest BCUT2D eigenvalue weighted by Crippen LogP contribution is 2.48. The van der Waals surface area contributed by atoms with Crippen LogP contribution in [0.2, 0.25) is 10.0 Å². The molecular weight excluding hydrogens is 643 g/mol. The maximum Gasteiger partial charge on any atom is 0.424 e. The molecule has 0 aliphatic carbocycles. The summed E-state index contributed by atoms with van der Waals surface area (Å²) in [7, 11) is 1.33. The maximum atomic E-state index is 14.7. The number of primary amides is 1. The van der Waals surface area contributed by atoms with Crippen LogP contribution in [0.5, 0.6) is 11.5 Å². The number of amides is 2. The molecule has 45 heavy (non-hydrogen) atoms. The van der Waals surface area contributed by atoms with E-state index in [1.165, 1.54) is 32.2 Å². The predicted molar refractivity (Wildman–Crippen MR) is 157 cm³/mol. The summed E-state index contributed by atoms with van der Waals surface area (Å²) in [6.45, 7) is 1.27. The van der Waals surface area contributed by atoms with Crippen molar-refractivity contribution < 1.29 is 41.7 Å². The van der Waals surface area contributed by atoms with E-state index in [-0.39, 0.29) is 45.5 Å². The molecule has 4 aromatic rings. The van der Waals surface area contributed by atoms with Gasteiger partial charge in [0.1, 0.15) is 40.5 Å². The number of aromatic nitrogens is 2. The highest BCUT2D eigenvalue weighted by Gasteiger charge is 2.57. The molecule has 0 saturated carbocycles. The van der Waals surface area contributed by atoms with Crippen LogP contribution in [0.15, 0.2) is 42.5 Å². The zero-order chi connectivity index (χ0) is 33.1. The van der Waals surface area contributed by atoms with Gasteiger partial charge in [-0.25, -0.2) is 14.4 Å². The molecule has 5 rings (SSSR count). The van der Waals surface area contributed by atoms with Gasteiger partial charge in [0, 0.05) is 22.1 Å². The Morgan fingerprint density at radius 1 is 1.13 bits per heavy atom. The fraction of sp³-hybridized carbons (Fsp3) is 0.267. The number of nitrogens with two attached hydrogens (primary N) is 1. The van der Waals surface area contributed by atoms with Crippen molar-refractivity contribution in [3.8, 4) is 22.8 Å². The largest absolute Gasteiger partial charge is 0.494 e. The lowest BCUT2D eigenvalue weighted by Gasteiger charge is -2.31. The molecule has 3 heterocycles. The lowest BCUT2D eigenvalue weighted by Crippen LogP contribution is -2.51. The van der Waals surface area contributed by atoms with Crippen molar-refractivity contribution in [1.82, 2.24) is 15.3 Å². The molecule has 2 aromatic heterocycles. The van der Waals surface area contributed by atoms with E-state index < -0.39 is 47.1 Å². The molecule has 2 atom stereocenters. The first-order valence-electron chi connectivity index (χ1n) is 13.2. The summed E-state index contributed by atoms with van der Waals surface area (Å²) in [5.41, 5.74) is -0.518. The van der Waals surface area contributed by atoms with Crippen molar-refractivity contribution in [2.45, 2.75) is 31.0 Å². The fourth-order valence-corrected chi connectivity index (χ4v) is 5.33. The fourth-order valence-electron chi connectivity index (χ4n) is 4.92. The van der Waals surface area contributed by atoms with Gasteiger partial charge in [0.2, 0.25) is 11.5 Å². The zero-order valence-corrected chi connectivity index (χ0v) is 25.3. The van der Waals surface area contributed by atoms with Crippen LogP contribution in [-0.4, -0.2) is 53.3 Å². The second-order valence-corrected chi connectivity index (χ2v) is 11.5. The first-order valence-corrected chi connectivity index (χ1v) is 13.9. The lowest BCUT2D eigenvalue weighted by atomic mass is 9.81. The molecule has 15 heteroatoms.